The van der Waals surface area contributed by atoms with Gasteiger partial charge in [-0.25, -0.2) is 4.79 Å². The molecule has 1 N–H and O–H groups in total. The number of esters is 2. The number of unbranched alkanes of at least 4 members (excludes halogenated alkanes) is 22. The van der Waals surface area contributed by atoms with E-state index >= 15 is 0 Å². The van der Waals surface area contributed by atoms with E-state index in [4.69, 9.17) is 18.9 Å². The van der Waals surface area contributed by atoms with Gasteiger partial charge < -0.3 is 28.5 Å². The van der Waals surface area contributed by atoms with Crippen LogP contribution in [0.4, 0.5) is 0 Å². The van der Waals surface area contributed by atoms with Crippen LogP contribution < -0.4 is 0 Å². The van der Waals surface area contributed by atoms with Crippen molar-refractivity contribution in [2.45, 2.75) is 232 Å². The van der Waals surface area contributed by atoms with E-state index in [1.54, 1.807) is 0 Å². The largest absolute Gasteiger partial charge is 0.477 e. The predicted molar refractivity (Wildman–Crippen MR) is 281 cm³/mol. The Bertz CT molecular complexity index is 1330. The molecule has 0 aromatic carbocycles. The Labute approximate surface area is 411 Å². The van der Waals surface area contributed by atoms with Crippen LogP contribution in [0.15, 0.2) is 72.9 Å². The molecule has 0 amide bonds. The van der Waals surface area contributed by atoms with E-state index in [9.17, 15) is 19.5 Å². The highest BCUT2D eigenvalue weighted by Gasteiger charge is 2.25. The number of nitrogens with zero attached hydrogens (tertiary/aromatic N) is 1. The SMILES string of the molecule is CC/C=C\C/C=C\C/C=C\C/C=C\CCCCCCCCCCCCCCC(=O)OC(COC(=O)CCCCCCCCC/C=C\C/C=C\CCCCC)COC(OCC[N+](C)(C)C)C(=O)O. The fourth-order valence-electron chi connectivity index (χ4n) is 7.27. The van der Waals surface area contributed by atoms with Gasteiger partial charge in [-0.05, 0) is 83.5 Å². The van der Waals surface area contributed by atoms with Gasteiger partial charge in [0.05, 0.1) is 34.4 Å². The molecular weight excluding hydrogens is 839 g/mol. The van der Waals surface area contributed by atoms with Crippen molar-refractivity contribution in [3.05, 3.63) is 72.9 Å². The van der Waals surface area contributed by atoms with Gasteiger partial charge in [0.15, 0.2) is 6.10 Å². The van der Waals surface area contributed by atoms with E-state index in [-0.39, 0.29) is 32.2 Å². The van der Waals surface area contributed by atoms with Gasteiger partial charge in [0, 0.05) is 12.8 Å². The molecule has 67 heavy (non-hydrogen) atoms. The maximum absolute atomic E-state index is 12.9. The molecule has 2 atom stereocenters. The molecule has 0 bridgehead atoms. The van der Waals surface area contributed by atoms with Crippen molar-refractivity contribution in [1.29, 1.82) is 0 Å². The molecule has 9 heteroatoms. The number of allylic oxidation sites excluding steroid dienone is 12. The fourth-order valence-corrected chi connectivity index (χ4v) is 7.27. The van der Waals surface area contributed by atoms with Gasteiger partial charge in [0.25, 0.3) is 6.29 Å². The molecule has 0 aromatic rings. The minimum atomic E-state index is -1.51. The first-order valence-electron chi connectivity index (χ1n) is 27.1. The third-order valence-electron chi connectivity index (χ3n) is 11.4. The second-order valence-electron chi connectivity index (χ2n) is 19.2. The topological polar surface area (TPSA) is 108 Å². The van der Waals surface area contributed by atoms with Crippen LogP contribution in [0, 0.1) is 0 Å². The first kappa shape index (κ1) is 63.7. The molecule has 2 unspecified atom stereocenters. The first-order valence-corrected chi connectivity index (χ1v) is 27.1. The van der Waals surface area contributed by atoms with Gasteiger partial charge >= 0.3 is 17.9 Å². The number of likely N-dealkylation sites (N-methyl/N-ethyl adjacent to an activating group) is 1. The summed E-state index contributed by atoms with van der Waals surface area (Å²) < 4.78 is 22.8. The first-order chi connectivity index (χ1) is 32.6. The quantitative estimate of drug-likeness (QED) is 0.0211. The predicted octanol–water partition coefficient (Wildman–Crippen LogP) is 15.5. The Balaban J connectivity index is 4.29. The Morgan fingerprint density at radius 3 is 1.27 bits per heavy atom. The number of hydrogen-bond donors (Lipinski definition) is 1. The molecule has 0 saturated carbocycles. The maximum Gasteiger partial charge on any atom is 0.361 e. The van der Waals surface area contributed by atoms with Gasteiger partial charge in [0.1, 0.15) is 13.2 Å². The lowest BCUT2D eigenvalue weighted by Crippen LogP contribution is -2.40. The van der Waals surface area contributed by atoms with Crippen molar-refractivity contribution in [2.75, 3.05) is 47.5 Å². The Morgan fingerprint density at radius 2 is 0.851 bits per heavy atom. The fraction of sp³-hybridized carbons (Fsp3) is 0.741. The molecule has 0 aliphatic rings. The zero-order valence-electron chi connectivity index (χ0n) is 43.8. The van der Waals surface area contributed by atoms with E-state index in [0.717, 1.165) is 83.5 Å². The van der Waals surface area contributed by atoms with E-state index in [2.05, 4.69) is 86.8 Å². The third-order valence-corrected chi connectivity index (χ3v) is 11.4. The highest BCUT2D eigenvalue weighted by molar-refractivity contribution is 5.71. The monoisotopic (exact) mass is 941 g/mol. The van der Waals surface area contributed by atoms with Gasteiger partial charge in [-0.1, -0.05) is 196 Å². The molecule has 0 heterocycles. The summed E-state index contributed by atoms with van der Waals surface area (Å²) in [5, 5.41) is 9.68. The van der Waals surface area contributed by atoms with Crippen molar-refractivity contribution < 1.29 is 42.9 Å². The number of carboxylic acids is 1. The zero-order valence-corrected chi connectivity index (χ0v) is 43.8. The number of carbonyl (C=O) groups is 3. The molecule has 0 aromatic heterocycles. The number of rotatable bonds is 49. The number of carboxylic acid groups (broad SMARTS) is 1. The summed E-state index contributed by atoms with van der Waals surface area (Å²) in [6.07, 6.45) is 59.6. The molecule has 0 aliphatic heterocycles. The summed E-state index contributed by atoms with van der Waals surface area (Å²) in [7, 11) is 5.96. The minimum absolute atomic E-state index is 0.183. The van der Waals surface area contributed by atoms with Crippen molar-refractivity contribution in [2.24, 2.45) is 0 Å². The summed E-state index contributed by atoms with van der Waals surface area (Å²) in [5.74, 6) is -2.02. The molecule has 386 valence electrons. The summed E-state index contributed by atoms with van der Waals surface area (Å²) in [5.41, 5.74) is 0. The number of hydrogen-bond acceptors (Lipinski definition) is 7. The molecule has 9 nitrogen and oxygen atoms in total. The van der Waals surface area contributed by atoms with Crippen LogP contribution in [-0.2, 0) is 33.3 Å². The van der Waals surface area contributed by atoms with Crippen LogP contribution in [-0.4, -0.2) is 87.4 Å². The Kier molecular flexibility index (Phi) is 46.8. The number of quaternary nitrogens is 1. The van der Waals surface area contributed by atoms with E-state index in [1.165, 1.54) is 103 Å². The summed E-state index contributed by atoms with van der Waals surface area (Å²) in [4.78, 5) is 37.3. The van der Waals surface area contributed by atoms with Crippen LogP contribution in [0.1, 0.15) is 219 Å². The standard InChI is InChI=1S/C58H101NO8/c1-6-8-10-12-14-16-18-20-22-24-25-26-27-28-29-30-31-33-35-37-39-41-43-45-47-49-56(61)67-54(53-66-58(57(62)63)64-51-50-59(3,4)5)52-65-55(60)48-46-44-42-40-38-36-34-32-23-21-19-17-15-13-11-9-7-2/h8,10,14-17,20-23,25-26,54,58H,6-7,9,11-13,18-19,24,27-53H2,1-5H3/p+1/b10-8-,16-14-,17-15-,22-20-,23-21-,26-25-. The zero-order chi connectivity index (χ0) is 49.2. The summed E-state index contributed by atoms with van der Waals surface area (Å²) in [6.45, 7) is 4.73. The lowest BCUT2D eigenvalue weighted by molar-refractivity contribution is -0.870. The summed E-state index contributed by atoms with van der Waals surface area (Å²) in [6, 6.07) is 0. The Morgan fingerprint density at radius 1 is 0.463 bits per heavy atom. The van der Waals surface area contributed by atoms with Crippen LogP contribution in [0.25, 0.3) is 0 Å². The van der Waals surface area contributed by atoms with E-state index in [0.29, 0.717) is 23.9 Å². The number of aliphatic carboxylic acids is 1. The average molecular weight is 941 g/mol. The molecule has 0 radical (unpaired) electrons. The van der Waals surface area contributed by atoms with Gasteiger partial charge in [0.2, 0.25) is 0 Å². The minimum Gasteiger partial charge on any atom is -0.477 e. The molecule has 0 spiro atoms. The van der Waals surface area contributed by atoms with Crippen molar-refractivity contribution in [3.63, 3.8) is 0 Å². The van der Waals surface area contributed by atoms with Crippen LogP contribution in [0.2, 0.25) is 0 Å². The van der Waals surface area contributed by atoms with Crippen molar-refractivity contribution >= 4 is 17.9 Å². The number of ether oxygens (including phenoxy) is 4. The molecule has 0 saturated heterocycles. The maximum atomic E-state index is 12.9. The van der Waals surface area contributed by atoms with Gasteiger partial charge in [-0.2, -0.15) is 0 Å². The molecule has 0 rings (SSSR count). The Hall–Kier alpha value is -3.27. The van der Waals surface area contributed by atoms with E-state index in [1.807, 2.05) is 21.1 Å². The van der Waals surface area contributed by atoms with Gasteiger partial charge in [-0.15, -0.1) is 0 Å². The molecule has 0 fully saturated rings. The van der Waals surface area contributed by atoms with Crippen LogP contribution >= 0.6 is 0 Å². The third kappa shape index (κ3) is 50.4. The van der Waals surface area contributed by atoms with Gasteiger partial charge in [-0.3, -0.25) is 9.59 Å². The second-order valence-corrected chi connectivity index (χ2v) is 19.2. The highest BCUT2D eigenvalue weighted by Crippen LogP contribution is 2.15. The lowest BCUT2D eigenvalue weighted by Gasteiger charge is -2.25. The summed E-state index contributed by atoms with van der Waals surface area (Å²) >= 11 is 0. The lowest BCUT2D eigenvalue weighted by atomic mass is 10.0. The normalized spacial score (nSPS) is 13.4. The molecular formula is C58H102NO8+. The highest BCUT2D eigenvalue weighted by atomic mass is 16.7. The van der Waals surface area contributed by atoms with Crippen molar-refractivity contribution in [3.8, 4) is 0 Å². The van der Waals surface area contributed by atoms with Crippen LogP contribution in [0.3, 0.4) is 0 Å². The number of carbonyl (C=O) groups excluding carboxylic acids is 2. The average Bonchev–Trinajstić information content (AvgIpc) is 3.29. The van der Waals surface area contributed by atoms with Crippen molar-refractivity contribution in [1.82, 2.24) is 0 Å². The van der Waals surface area contributed by atoms with Crippen LogP contribution in [0.5, 0.6) is 0 Å². The second kappa shape index (κ2) is 49.2. The van der Waals surface area contributed by atoms with E-state index < -0.39 is 24.3 Å². The smallest absolute Gasteiger partial charge is 0.361 e. The molecule has 0 aliphatic carbocycles.